The lowest BCUT2D eigenvalue weighted by molar-refractivity contribution is 0.114. The second-order valence-electron chi connectivity index (χ2n) is 5.54. The molecule has 0 spiro atoms. The van der Waals surface area contributed by atoms with E-state index in [9.17, 15) is 0 Å². The standard InChI is InChI=1S/C13H20N2/c14-12-5-4-6-13(11-12,8-7-12)15-9-2-1-3-10-15/h1-3,9H,4-8,10-11,14H2. The minimum atomic E-state index is 0.160. The van der Waals surface area contributed by atoms with Gasteiger partial charge in [-0.05, 0) is 50.8 Å². The first-order valence-electron chi connectivity index (χ1n) is 6.12. The van der Waals surface area contributed by atoms with Gasteiger partial charge in [-0.1, -0.05) is 12.2 Å². The molecule has 2 atom stereocenters. The summed E-state index contributed by atoms with van der Waals surface area (Å²) in [5.74, 6) is 0. The van der Waals surface area contributed by atoms with Gasteiger partial charge in [-0.15, -0.1) is 0 Å². The molecular weight excluding hydrogens is 184 g/mol. The lowest BCUT2D eigenvalue weighted by Crippen LogP contribution is -2.51. The summed E-state index contributed by atoms with van der Waals surface area (Å²) < 4.78 is 0. The van der Waals surface area contributed by atoms with E-state index >= 15 is 0 Å². The molecule has 82 valence electrons. The molecule has 2 heteroatoms. The third-order valence-electron chi connectivity index (χ3n) is 4.51. The second-order valence-corrected chi connectivity index (χ2v) is 5.54. The van der Waals surface area contributed by atoms with E-state index in [1.165, 1.54) is 38.5 Å². The monoisotopic (exact) mass is 204 g/mol. The predicted molar refractivity (Wildman–Crippen MR) is 62.3 cm³/mol. The van der Waals surface area contributed by atoms with Gasteiger partial charge in [-0.2, -0.15) is 0 Å². The van der Waals surface area contributed by atoms with Gasteiger partial charge in [0.05, 0.1) is 0 Å². The van der Waals surface area contributed by atoms with Crippen LogP contribution < -0.4 is 5.73 Å². The Morgan fingerprint density at radius 1 is 1.07 bits per heavy atom. The smallest absolute Gasteiger partial charge is 0.0418 e. The zero-order valence-electron chi connectivity index (χ0n) is 9.28. The van der Waals surface area contributed by atoms with Crippen molar-refractivity contribution in [3.8, 4) is 0 Å². The van der Waals surface area contributed by atoms with Crippen molar-refractivity contribution in [2.75, 3.05) is 6.54 Å². The zero-order valence-corrected chi connectivity index (χ0v) is 9.28. The van der Waals surface area contributed by atoms with E-state index < -0.39 is 0 Å². The molecule has 0 amide bonds. The van der Waals surface area contributed by atoms with Crippen molar-refractivity contribution in [3.05, 3.63) is 24.4 Å². The minimum Gasteiger partial charge on any atom is -0.368 e. The predicted octanol–water partition coefficient (Wildman–Crippen LogP) is 2.18. The normalized spacial score (nSPS) is 43.7. The summed E-state index contributed by atoms with van der Waals surface area (Å²) in [7, 11) is 0. The highest BCUT2D eigenvalue weighted by Crippen LogP contribution is 2.50. The van der Waals surface area contributed by atoms with Crippen molar-refractivity contribution in [1.29, 1.82) is 0 Å². The summed E-state index contributed by atoms with van der Waals surface area (Å²) in [5.41, 5.74) is 6.98. The maximum atomic E-state index is 6.42. The molecule has 1 heterocycles. The Hall–Kier alpha value is -0.760. The van der Waals surface area contributed by atoms with Crippen molar-refractivity contribution in [1.82, 2.24) is 4.90 Å². The molecule has 15 heavy (non-hydrogen) atoms. The number of nitrogens with two attached hydrogens (primary N) is 1. The van der Waals surface area contributed by atoms with Crippen molar-refractivity contribution in [2.45, 2.75) is 49.6 Å². The minimum absolute atomic E-state index is 0.160. The highest BCUT2D eigenvalue weighted by atomic mass is 15.2. The quantitative estimate of drug-likeness (QED) is 0.709. The molecular formula is C13H20N2. The van der Waals surface area contributed by atoms with E-state index in [0.717, 1.165) is 6.54 Å². The number of hydrogen-bond acceptors (Lipinski definition) is 2. The van der Waals surface area contributed by atoms with Crippen LogP contribution in [0.5, 0.6) is 0 Å². The Balaban J connectivity index is 1.85. The van der Waals surface area contributed by atoms with E-state index in [-0.39, 0.29) is 5.54 Å². The van der Waals surface area contributed by atoms with E-state index in [0.29, 0.717) is 5.54 Å². The van der Waals surface area contributed by atoms with Gasteiger partial charge < -0.3 is 10.6 Å². The van der Waals surface area contributed by atoms with Crippen molar-refractivity contribution >= 4 is 0 Å². The Labute approximate surface area is 91.8 Å². The summed E-state index contributed by atoms with van der Waals surface area (Å²) in [4.78, 5) is 2.53. The molecule has 0 saturated heterocycles. The summed E-state index contributed by atoms with van der Waals surface area (Å²) in [6.45, 7) is 1.08. The van der Waals surface area contributed by atoms with Crippen LogP contribution in [0.25, 0.3) is 0 Å². The Bertz CT molecular complexity index is 320. The number of allylic oxidation sites excluding steroid dienone is 2. The summed E-state index contributed by atoms with van der Waals surface area (Å²) in [5, 5.41) is 0. The van der Waals surface area contributed by atoms with Gasteiger partial charge in [0.15, 0.2) is 0 Å². The molecule has 3 aliphatic rings. The Kier molecular flexibility index (Phi) is 1.96. The molecule has 2 bridgehead atoms. The summed E-state index contributed by atoms with van der Waals surface area (Å²) in [6.07, 6.45) is 16.4. The zero-order chi connectivity index (χ0) is 10.4. The van der Waals surface area contributed by atoms with Crippen LogP contribution in [-0.2, 0) is 0 Å². The van der Waals surface area contributed by atoms with Crippen molar-refractivity contribution in [3.63, 3.8) is 0 Å². The number of fused-ring (bicyclic) bond motifs is 2. The average Bonchev–Trinajstić information content (AvgIpc) is 2.52. The van der Waals surface area contributed by atoms with E-state index in [2.05, 4.69) is 29.3 Å². The Morgan fingerprint density at radius 3 is 2.80 bits per heavy atom. The van der Waals surface area contributed by atoms with Gasteiger partial charge in [0, 0.05) is 17.6 Å². The van der Waals surface area contributed by atoms with Crippen molar-refractivity contribution < 1.29 is 0 Å². The fourth-order valence-corrected chi connectivity index (χ4v) is 3.72. The van der Waals surface area contributed by atoms with Gasteiger partial charge in [0.1, 0.15) is 0 Å². The summed E-state index contributed by atoms with van der Waals surface area (Å²) >= 11 is 0. The molecule has 2 N–H and O–H groups in total. The molecule has 2 unspecified atom stereocenters. The maximum absolute atomic E-state index is 6.42. The molecule has 0 aromatic heterocycles. The fourth-order valence-electron chi connectivity index (χ4n) is 3.72. The Morgan fingerprint density at radius 2 is 2.00 bits per heavy atom. The van der Waals surface area contributed by atoms with E-state index in [1.54, 1.807) is 0 Å². The van der Waals surface area contributed by atoms with Gasteiger partial charge in [0.2, 0.25) is 0 Å². The highest BCUT2D eigenvalue weighted by Gasteiger charge is 2.51. The SMILES string of the molecule is NC12CCCC(N3C=CC=CC3)(CC1)C2. The molecule has 0 aromatic carbocycles. The van der Waals surface area contributed by atoms with E-state index in [1.807, 2.05) is 0 Å². The number of rotatable bonds is 1. The van der Waals surface area contributed by atoms with Gasteiger partial charge in [-0.25, -0.2) is 0 Å². The molecule has 1 aliphatic heterocycles. The highest BCUT2D eigenvalue weighted by molar-refractivity contribution is 5.17. The van der Waals surface area contributed by atoms with Crippen LogP contribution in [0.4, 0.5) is 0 Å². The lowest BCUT2D eigenvalue weighted by atomic mass is 9.78. The molecule has 2 nitrogen and oxygen atoms in total. The molecule has 2 fully saturated rings. The molecule has 3 rings (SSSR count). The third-order valence-corrected chi connectivity index (χ3v) is 4.51. The second kappa shape index (κ2) is 3.11. The van der Waals surface area contributed by atoms with Crippen LogP contribution in [0.1, 0.15) is 38.5 Å². The first-order valence-corrected chi connectivity index (χ1v) is 6.12. The van der Waals surface area contributed by atoms with Crippen LogP contribution >= 0.6 is 0 Å². The first-order chi connectivity index (χ1) is 7.23. The van der Waals surface area contributed by atoms with Gasteiger partial charge in [0.25, 0.3) is 0 Å². The molecule has 0 radical (unpaired) electrons. The average molecular weight is 204 g/mol. The number of nitrogens with zero attached hydrogens (tertiary/aromatic N) is 1. The van der Waals surface area contributed by atoms with E-state index in [4.69, 9.17) is 5.73 Å². The number of hydrogen-bond donors (Lipinski definition) is 1. The molecule has 0 aromatic rings. The van der Waals surface area contributed by atoms with Crippen molar-refractivity contribution in [2.24, 2.45) is 5.73 Å². The fraction of sp³-hybridized carbons (Fsp3) is 0.692. The van der Waals surface area contributed by atoms with Gasteiger partial charge in [-0.3, -0.25) is 0 Å². The topological polar surface area (TPSA) is 29.3 Å². The first kappa shape index (κ1) is 9.46. The third kappa shape index (κ3) is 1.43. The van der Waals surface area contributed by atoms with Crippen LogP contribution in [0, 0.1) is 0 Å². The molecule has 2 saturated carbocycles. The van der Waals surface area contributed by atoms with Crippen LogP contribution in [0.15, 0.2) is 24.4 Å². The summed E-state index contributed by atoms with van der Waals surface area (Å²) in [6, 6.07) is 0. The molecule has 2 aliphatic carbocycles. The van der Waals surface area contributed by atoms with Crippen LogP contribution in [0.2, 0.25) is 0 Å². The lowest BCUT2D eigenvalue weighted by Gasteiger charge is -2.45. The maximum Gasteiger partial charge on any atom is 0.0418 e. The van der Waals surface area contributed by atoms with Crippen LogP contribution in [0.3, 0.4) is 0 Å². The largest absolute Gasteiger partial charge is 0.368 e. The van der Waals surface area contributed by atoms with Crippen LogP contribution in [-0.4, -0.2) is 22.5 Å². The van der Waals surface area contributed by atoms with Gasteiger partial charge >= 0.3 is 0 Å².